The van der Waals surface area contributed by atoms with Crippen molar-refractivity contribution < 1.29 is 4.79 Å². The van der Waals surface area contributed by atoms with Gasteiger partial charge in [-0.25, -0.2) is 0 Å². The van der Waals surface area contributed by atoms with E-state index < -0.39 is 0 Å². The fourth-order valence-corrected chi connectivity index (χ4v) is 1.10. The molecule has 0 aliphatic rings. The second-order valence-corrected chi connectivity index (χ2v) is 3.30. The van der Waals surface area contributed by atoms with Crippen LogP contribution in [0.2, 0.25) is 0 Å². The standard InChI is InChI=1S/C10H22N2O/c1-2-3-7-10(13)12-9-6-4-5-8-11/h2-9,11H2,1H3,(H,12,13). The highest BCUT2D eigenvalue weighted by atomic mass is 16.1. The summed E-state index contributed by atoms with van der Waals surface area (Å²) in [5.74, 6) is 0.189. The quantitative estimate of drug-likeness (QED) is 0.563. The van der Waals surface area contributed by atoms with Gasteiger partial charge >= 0.3 is 0 Å². The van der Waals surface area contributed by atoms with Gasteiger partial charge in [-0.3, -0.25) is 4.79 Å². The molecule has 0 aromatic rings. The molecule has 0 saturated heterocycles. The Morgan fingerprint density at radius 3 is 2.62 bits per heavy atom. The van der Waals surface area contributed by atoms with E-state index in [0.29, 0.717) is 6.42 Å². The molecule has 0 aliphatic heterocycles. The first-order valence-corrected chi connectivity index (χ1v) is 5.28. The maximum atomic E-state index is 11.1. The molecule has 13 heavy (non-hydrogen) atoms. The number of carbonyl (C=O) groups excluding carboxylic acids is 1. The van der Waals surface area contributed by atoms with Gasteiger partial charge in [-0.05, 0) is 25.8 Å². The van der Waals surface area contributed by atoms with Crippen LogP contribution >= 0.6 is 0 Å². The van der Waals surface area contributed by atoms with Gasteiger partial charge in [0.15, 0.2) is 0 Å². The molecule has 0 aromatic carbocycles. The second-order valence-electron chi connectivity index (χ2n) is 3.30. The molecular weight excluding hydrogens is 164 g/mol. The molecule has 0 rings (SSSR count). The normalized spacial score (nSPS) is 10.0. The van der Waals surface area contributed by atoms with Gasteiger partial charge in [-0.1, -0.05) is 19.8 Å². The predicted molar refractivity (Wildman–Crippen MR) is 55.4 cm³/mol. The first kappa shape index (κ1) is 12.4. The van der Waals surface area contributed by atoms with Crippen LogP contribution in [0.1, 0.15) is 45.4 Å². The number of carbonyl (C=O) groups is 1. The zero-order valence-corrected chi connectivity index (χ0v) is 8.64. The molecule has 3 nitrogen and oxygen atoms in total. The summed E-state index contributed by atoms with van der Waals surface area (Å²) in [5, 5.41) is 2.90. The van der Waals surface area contributed by atoms with Crippen molar-refractivity contribution in [1.29, 1.82) is 0 Å². The van der Waals surface area contributed by atoms with E-state index in [-0.39, 0.29) is 5.91 Å². The van der Waals surface area contributed by atoms with Crippen LogP contribution in [-0.2, 0) is 4.79 Å². The number of hydrogen-bond donors (Lipinski definition) is 2. The summed E-state index contributed by atoms with van der Waals surface area (Å²) >= 11 is 0. The van der Waals surface area contributed by atoms with E-state index in [4.69, 9.17) is 5.73 Å². The van der Waals surface area contributed by atoms with Crippen molar-refractivity contribution in [3.05, 3.63) is 0 Å². The van der Waals surface area contributed by atoms with Crippen molar-refractivity contribution in [2.75, 3.05) is 13.1 Å². The Kier molecular flexibility index (Phi) is 9.10. The van der Waals surface area contributed by atoms with Crippen molar-refractivity contribution in [3.63, 3.8) is 0 Å². The molecule has 0 unspecified atom stereocenters. The summed E-state index contributed by atoms with van der Waals surface area (Å²) in [5.41, 5.74) is 5.35. The third-order valence-electron chi connectivity index (χ3n) is 1.96. The molecule has 0 bridgehead atoms. The lowest BCUT2D eigenvalue weighted by molar-refractivity contribution is -0.121. The molecular formula is C10H22N2O. The molecule has 0 fully saturated rings. The van der Waals surface area contributed by atoms with E-state index in [1.54, 1.807) is 0 Å². The lowest BCUT2D eigenvalue weighted by Crippen LogP contribution is -2.24. The van der Waals surface area contributed by atoms with Crippen LogP contribution in [0.25, 0.3) is 0 Å². The molecule has 78 valence electrons. The third kappa shape index (κ3) is 9.34. The summed E-state index contributed by atoms with van der Waals surface area (Å²) < 4.78 is 0. The Labute approximate surface area is 81.1 Å². The summed E-state index contributed by atoms with van der Waals surface area (Å²) in [4.78, 5) is 11.1. The van der Waals surface area contributed by atoms with Crippen molar-refractivity contribution in [2.24, 2.45) is 5.73 Å². The van der Waals surface area contributed by atoms with E-state index in [2.05, 4.69) is 12.2 Å². The van der Waals surface area contributed by atoms with Crippen LogP contribution in [-0.4, -0.2) is 19.0 Å². The maximum absolute atomic E-state index is 11.1. The summed E-state index contributed by atoms with van der Waals surface area (Å²) in [7, 11) is 0. The van der Waals surface area contributed by atoms with Crippen LogP contribution in [0.4, 0.5) is 0 Å². The summed E-state index contributed by atoms with van der Waals surface area (Å²) in [6.07, 6.45) is 5.98. The average Bonchev–Trinajstić information content (AvgIpc) is 2.14. The Balaban J connectivity index is 3.08. The molecule has 1 amide bonds. The predicted octanol–water partition coefficient (Wildman–Crippen LogP) is 1.42. The monoisotopic (exact) mass is 186 g/mol. The number of rotatable bonds is 8. The highest BCUT2D eigenvalue weighted by Gasteiger charge is 1.97. The fraction of sp³-hybridized carbons (Fsp3) is 0.900. The topological polar surface area (TPSA) is 55.1 Å². The SMILES string of the molecule is CCCCC(=O)NCCCCCN. The lowest BCUT2D eigenvalue weighted by Gasteiger charge is -2.03. The summed E-state index contributed by atoms with van der Waals surface area (Å²) in [6.45, 7) is 3.65. The fourth-order valence-electron chi connectivity index (χ4n) is 1.10. The highest BCUT2D eigenvalue weighted by Crippen LogP contribution is 1.94. The van der Waals surface area contributed by atoms with Gasteiger partial charge in [0.25, 0.3) is 0 Å². The van der Waals surface area contributed by atoms with Gasteiger partial charge < -0.3 is 11.1 Å². The number of nitrogens with two attached hydrogens (primary N) is 1. The smallest absolute Gasteiger partial charge is 0.219 e. The van der Waals surface area contributed by atoms with E-state index >= 15 is 0 Å². The maximum Gasteiger partial charge on any atom is 0.219 e. The minimum absolute atomic E-state index is 0.189. The molecule has 0 aliphatic carbocycles. The Bertz CT molecular complexity index is 126. The molecule has 3 heteroatoms. The van der Waals surface area contributed by atoms with Crippen molar-refractivity contribution in [2.45, 2.75) is 45.4 Å². The number of amides is 1. The molecule has 0 spiro atoms. The van der Waals surface area contributed by atoms with Crippen LogP contribution in [0.5, 0.6) is 0 Å². The van der Waals surface area contributed by atoms with Gasteiger partial charge in [-0.2, -0.15) is 0 Å². The average molecular weight is 186 g/mol. The van der Waals surface area contributed by atoms with E-state index in [1.807, 2.05) is 0 Å². The molecule has 0 saturated carbocycles. The minimum atomic E-state index is 0.189. The molecule has 0 radical (unpaired) electrons. The van der Waals surface area contributed by atoms with Crippen molar-refractivity contribution in [1.82, 2.24) is 5.32 Å². The summed E-state index contributed by atoms with van der Waals surface area (Å²) in [6, 6.07) is 0. The Morgan fingerprint density at radius 1 is 1.23 bits per heavy atom. The van der Waals surface area contributed by atoms with E-state index in [1.165, 1.54) is 0 Å². The van der Waals surface area contributed by atoms with Crippen LogP contribution in [0.15, 0.2) is 0 Å². The largest absolute Gasteiger partial charge is 0.356 e. The van der Waals surface area contributed by atoms with Gasteiger partial charge in [0.1, 0.15) is 0 Å². The van der Waals surface area contributed by atoms with Gasteiger partial charge in [-0.15, -0.1) is 0 Å². The van der Waals surface area contributed by atoms with E-state index in [0.717, 1.165) is 45.2 Å². The highest BCUT2D eigenvalue weighted by molar-refractivity contribution is 5.75. The van der Waals surface area contributed by atoms with Gasteiger partial charge in [0.2, 0.25) is 5.91 Å². The minimum Gasteiger partial charge on any atom is -0.356 e. The second kappa shape index (κ2) is 9.52. The van der Waals surface area contributed by atoms with Crippen LogP contribution < -0.4 is 11.1 Å². The zero-order chi connectivity index (χ0) is 9.94. The first-order valence-electron chi connectivity index (χ1n) is 5.28. The number of nitrogens with one attached hydrogen (secondary N) is 1. The van der Waals surface area contributed by atoms with Crippen molar-refractivity contribution >= 4 is 5.91 Å². The van der Waals surface area contributed by atoms with Crippen LogP contribution in [0, 0.1) is 0 Å². The number of hydrogen-bond acceptors (Lipinski definition) is 2. The molecule has 0 atom stereocenters. The third-order valence-corrected chi connectivity index (χ3v) is 1.96. The zero-order valence-electron chi connectivity index (χ0n) is 8.64. The van der Waals surface area contributed by atoms with Gasteiger partial charge in [0.05, 0.1) is 0 Å². The Hall–Kier alpha value is -0.570. The molecule has 3 N–H and O–H groups in total. The molecule has 0 heterocycles. The van der Waals surface area contributed by atoms with E-state index in [9.17, 15) is 4.79 Å². The molecule has 0 aromatic heterocycles. The van der Waals surface area contributed by atoms with Gasteiger partial charge in [0, 0.05) is 13.0 Å². The van der Waals surface area contributed by atoms with Crippen molar-refractivity contribution in [3.8, 4) is 0 Å². The lowest BCUT2D eigenvalue weighted by atomic mass is 10.2. The number of unbranched alkanes of at least 4 members (excludes halogenated alkanes) is 3. The van der Waals surface area contributed by atoms with Crippen LogP contribution in [0.3, 0.4) is 0 Å². The first-order chi connectivity index (χ1) is 6.31. The Morgan fingerprint density at radius 2 is 2.00 bits per heavy atom.